The van der Waals surface area contributed by atoms with Crippen LogP contribution in [0.25, 0.3) is 0 Å². The molecule has 0 N–H and O–H groups in total. The minimum absolute atomic E-state index is 0.764. The summed E-state index contributed by atoms with van der Waals surface area (Å²) in [5.41, 5.74) is 0. The van der Waals surface area contributed by atoms with Crippen molar-refractivity contribution < 1.29 is 4.74 Å². The van der Waals surface area contributed by atoms with Gasteiger partial charge in [0, 0.05) is 19.1 Å². The summed E-state index contributed by atoms with van der Waals surface area (Å²) in [5, 5.41) is 0. The molecule has 0 aliphatic heterocycles. The molecule has 86 valence electrons. The predicted molar refractivity (Wildman–Crippen MR) is 64.1 cm³/mol. The molecule has 0 aliphatic rings. The summed E-state index contributed by atoms with van der Waals surface area (Å²) < 4.78 is 5.48. The zero-order valence-corrected chi connectivity index (χ0v) is 10.3. The molecule has 0 aromatic carbocycles. The smallest absolute Gasteiger partial charge is 0.0466 e. The van der Waals surface area contributed by atoms with Crippen LogP contribution in [0.4, 0.5) is 0 Å². The first-order chi connectivity index (χ1) is 6.91. The van der Waals surface area contributed by atoms with E-state index in [2.05, 4.69) is 6.92 Å². The Morgan fingerprint density at radius 2 is 1.36 bits per heavy atom. The number of ether oxygens (including phenoxy) is 1. The normalized spacial score (nSPS) is 10.7. The summed E-state index contributed by atoms with van der Waals surface area (Å²) in [6.07, 6.45) is 10.2. The van der Waals surface area contributed by atoms with Crippen LogP contribution in [0, 0.1) is 0 Å². The minimum Gasteiger partial charge on any atom is -0.381 e. The van der Waals surface area contributed by atoms with Crippen molar-refractivity contribution in [3.05, 3.63) is 0 Å². The molecular formula is C12H25ClO. The van der Waals surface area contributed by atoms with Gasteiger partial charge < -0.3 is 4.74 Å². The summed E-state index contributed by atoms with van der Waals surface area (Å²) in [7, 11) is 0. The zero-order valence-electron chi connectivity index (χ0n) is 9.56. The van der Waals surface area contributed by atoms with E-state index in [1.807, 2.05) is 0 Å². The summed E-state index contributed by atoms with van der Waals surface area (Å²) >= 11 is 5.56. The second kappa shape index (κ2) is 13.2. The van der Waals surface area contributed by atoms with E-state index in [4.69, 9.17) is 16.3 Å². The first-order valence-electron chi connectivity index (χ1n) is 6.05. The third-order valence-electron chi connectivity index (χ3n) is 2.31. The average Bonchev–Trinajstić information content (AvgIpc) is 2.21. The lowest BCUT2D eigenvalue weighted by molar-refractivity contribution is 0.127. The SMILES string of the molecule is CCCCCCCCOCCCCCl. The van der Waals surface area contributed by atoms with Crippen molar-refractivity contribution in [2.75, 3.05) is 19.1 Å². The Balaban J connectivity index is 2.78. The standard InChI is InChI=1S/C12H25ClO/c1-2-3-4-5-6-8-11-14-12-9-7-10-13/h2-12H2,1H3. The van der Waals surface area contributed by atoms with Crippen molar-refractivity contribution >= 4 is 11.6 Å². The second-order valence-electron chi connectivity index (χ2n) is 3.78. The summed E-state index contributed by atoms with van der Waals surface area (Å²) in [5.74, 6) is 0.764. The highest BCUT2D eigenvalue weighted by atomic mass is 35.5. The molecule has 2 heteroatoms. The number of hydrogen-bond acceptors (Lipinski definition) is 1. The maximum absolute atomic E-state index is 5.56. The largest absolute Gasteiger partial charge is 0.381 e. The van der Waals surface area contributed by atoms with Crippen molar-refractivity contribution in [3.63, 3.8) is 0 Å². The summed E-state index contributed by atoms with van der Waals surface area (Å²) in [4.78, 5) is 0. The van der Waals surface area contributed by atoms with E-state index in [0.29, 0.717) is 0 Å². The first-order valence-corrected chi connectivity index (χ1v) is 6.59. The molecule has 14 heavy (non-hydrogen) atoms. The molecule has 0 atom stereocenters. The molecular weight excluding hydrogens is 196 g/mol. The molecule has 0 saturated carbocycles. The van der Waals surface area contributed by atoms with Gasteiger partial charge in [-0.2, -0.15) is 0 Å². The minimum atomic E-state index is 0.764. The van der Waals surface area contributed by atoms with Crippen LogP contribution in [0.3, 0.4) is 0 Å². The van der Waals surface area contributed by atoms with Gasteiger partial charge in [0.15, 0.2) is 0 Å². The van der Waals surface area contributed by atoms with Gasteiger partial charge in [-0.15, -0.1) is 11.6 Å². The second-order valence-corrected chi connectivity index (χ2v) is 4.15. The molecule has 1 nitrogen and oxygen atoms in total. The van der Waals surface area contributed by atoms with Crippen molar-refractivity contribution in [1.29, 1.82) is 0 Å². The van der Waals surface area contributed by atoms with Crippen LogP contribution in [0.15, 0.2) is 0 Å². The van der Waals surface area contributed by atoms with E-state index in [0.717, 1.165) is 31.9 Å². The molecule has 0 rings (SSSR count). The van der Waals surface area contributed by atoms with Crippen LogP contribution >= 0.6 is 11.6 Å². The Kier molecular flexibility index (Phi) is 13.5. The first kappa shape index (κ1) is 14.2. The lowest BCUT2D eigenvalue weighted by Crippen LogP contribution is -1.97. The Bertz CT molecular complexity index is 84.3. The lowest BCUT2D eigenvalue weighted by atomic mass is 10.1. The van der Waals surface area contributed by atoms with E-state index in [-0.39, 0.29) is 0 Å². The molecule has 0 fully saturated rings. The van der Waals surface area contributed by atoms with Gasteiger partial charge >= 0.3 is 0 Å². The number of hydrogen-bond donors (Lipinski definition) is 0. The molecule has 0 unspecified atom stereocenters. The number of alkyl halides is 1. The van der Waals surface area contributed by atoms with E-state index < -0.39 is 0 Å². The average molecular weight is 221 g/mol. The molecule has 0 bridgehead atoms. The number of halogens is 1. The van der Waals surface area contributed by atoms with Crippen LogP contribution in [0.5, 0.6) is 0 Å². The van der Waals surface area contributed by atoms with Crippen LogP contribution in [0.2, 0.25) is 0 Å². The topological polar surface area (TPSA) is 9.23 Å². The molecule has 0 aromatic heterocycles. The summed E-state index contributed by atoms with van der Waals surface area (Å²) in [6, 6.07) is 0. The van der Waals surface area contributed by atoms with E-state index in [1.165, 1.54) is 38.5 Å². The highest BCUT2D eigenvalue weighted by Gasteiger charge is 1.91. The monoisotopic (exact) mass is 220 g/mol. The summed E-state index contributed by atoms with van der Waals surface area (Å²) in [6.45, 7) is 4.08. The van der Waals surface area contributed by atoms with Crippen molar-refractivity contribution in [1.82, 2.24) is 0 Å². The van der Waals surface area contributed by atoms with Gasteiger partial charge in [-0.1, -0.05) is 39.0 Å². The third kappa shape index (κ3) is 12.2. The Labute approximate surface area is 94.2 Å². The fourth-order valence-electron chi connectivity index (χ4n) is 1.39. The fraction of sp³-hybridized carbons (Fsp3) is 1.00. The Morgan fingerprint density at radius 3 is 2.00 bits per heavy atom. The molecule has 0 radical (unpaired) electrons. The fourth-order valence-corrected chi connectivity index (χ4v) is 1.57. The van der Waals surface area contributed by atoms with Crippen LogP contribution in [-0.4, -0.2) is 19.1 Å². The van der Waals surface area contributed by atoms with E-state index in [1.54, 1.807) is 0 Å². The maximum Gasteiger partial charge on any atom is 0.0466 e. The molecule has 0 aromatic rings. The van der Waals surface area contributed by atoms with E-state index >= 15 is 0 Å². The maximum atomic E-state index is 5.56. The number of rotatable bonds is 11. The van der Waals surface area contributed by atoms with Gasteiger partial charge in [-0.05, 0) is 19.3 Å². The predicted octanol–water partition coefficient (Wildman–Crippen LogP) is 4.38. The Hall–Kier alpha value is 0.250. The molecule has 0 spiro atoms. The van der Waals surface area contributed by atoms with Crippen LogP contribution in [0.1, 0.15) is 58.3 Å². The molecule has 0 saturated heterocycles. The highest BCUT2D eigenvalue weighted by molar-refractivity contribution is 6.17. The van der Waals surface area contributed by atoms with Gasteiger partial charge in [0.2, 0.25) is 0 Å². The van der Waals surface area contributed by atoms with Crippen molar-refractivity contribution in [2.45, 2.75) is 58.3 Å². The quantitative estimate of drug-likeness (QED) is 0.371. The van der Waals surface area contributed by atoms with Crippen molar-refractivity contribution in [3.8, 4) is 0 Å². The van der Waals surface area contributed by atoms with Gasteiger partial charge in [-0.3, -0.25) is 0 Å². The van der Waals surface area contributed by atoms with E-state index in [9.17, 15) is 0 Å². The number of unbranched alkanes of at least 4 members (excludes halogenated alkanes) is 6. The van der Waals surface area contributed by atoms with Gasteiger partial charge in [0.1, 0.15) is 0 Å². The van der Waals surface area contributed by atoms with Crippen LogP contribution in [-0.2, 0) is 4.74 Å². The zero-order chi connectivity index (χ0) is 10.5. The lowest BCUT2D eigenvalue weighted by Gasteiger charge is -2.03. The third-order valence-corrected chi connectivity index (χ3v) is 2.58. The van der Waals surface area contributed by atoms with Gasteiger partial charge in [0.05, 0.1) is 0 Å². The molecule has 0 amide bonds. The van der Waals surface area contributed by atoms with Crippen LogP contribution < -0.4 is 0 Å². The molecule has 0 heterocycles. The van der Waals surface area contributed by atoms with Gasteiger partial charge in [0.25, 0.3) is 0 Å². The molecule has 0 aliphatic carbocycles. The van der Waals surface area contributed by atoms with Crippen molar-refractivity contribution in [2.24, 2.45) is 0 Å². The highest BCUT2D eigenvalue weighted by Crippen LogP contribution is 2.05. The van der Waals surface area contributed by atoms with Gasteiger partial charge in [-0.25, -0.2) is 0 Å². The Morgan fingerprint density at radius 1 is 0.786 bits per heavy atom.